The number of ether oxygens (including phenoxy) is 1. The van der Waals surface area contributed by atoms with E-state index in [2.05, 4.69) is 38.2 Å². The van der Waals surface area contributed by atoms with Crippen molar-refractivity contribution in [3.8, 4) is 11.5 Å². The minimum Gasteiger partial charge on any atom is -0.457 e. The van der Waals surface area contributed by atoms with E-state index in [1.807, 2.05) is 42.5 Å². The van der Waals surface area contributed by atoms with Crippen LogP contribution >= 0.6 is 0 Å². The smallest absolute Gasteiger partial charge is 0.127 e. The monoisotopic (exact) mass is 269 g/mol. The Morgan fingerprint density at radius 2 is 1.60 bits per heavy atom. The lowest BCUT2D eigenvalue weighted by molar-refractivity contribution is 0.429. The minimum atomic E-state index is 0.165. The number of rotatable bonds is 5. The number of hydrogen-bond acceptors (Lipinski definition) is 2. The summed E-state index contributed by atoms with van der Waals surface area (Å²) in [5.41, 5.74) is 1.45. The third-order valence-corrected chi connectivity index (χ3v) is 2.95. The van der Waals surface area contributed by atoms with Crippen LogP contribution in [0.5, 0.6) is 11.5 Å². The summed E-state index contributed by atoms with van der Waals surface area (Å²) < 4.78 is 5.85. The Balaban J connectivity index is 1.94. The SMILES string of the molecule is CC(C)(C)NCCc1cccc(Oc2ccccc2)c1. The van der Waals surface area contributed by atoms with Crippen molar-refractivity contribution in [1.29, 1.82) is 0 Å². The van der Waals surface area contributed by atoms with Crippen LogP contribution in [0.25, 0.3) is 0 Å². The molecule has 0 radical (unpaired) electrons. The van der Waals surface area contributed by atoms with Crippen LogP contribution in [0.2, 0.25) is 0 Å². The van der Waals surface area contributed by atoms with E-state index >= 15 is 0 Å². The van der Waals surface area contributed by atoms with Gasteiger partial charge in [-0.15, -0.1) is 0 Å². The molecule has 0 saturated carbocycles. The van der Waals surface area contributed by atoms with Crippen molar-refractivity contribution < 1.29 is 4.74 Å². The highest BCUT2D eigenvalue weighted by Gasteiger charge is 2.07. The van der Waals surface area contributed by atoms with Crippen LogP contribution in [0.4, 0.5) is 0 Å². The standard InChI is InChI=1S/C18H23NO/c1-18(2,3)19-13-12-15-8-7-11-17(14-15)20-16-9-5-4-6-10-16/h4-11,14,19H,12-13H2,1-3H3. The van der Waals surface area contributed by atoms with Crippen LogP contribution in [0.1, 0.15) is 26.3 Å². The molecule has 2 nitrogen and oxygen atoms in total. The van der Waals surface area contributed by atoms with E-state index in [0.717, 1.165) is 24.5 Å². The largest absolute Gasteiger partial charge is 0.457 e. The molecule has 20 heavy (non-hydrogen) atoms. The van der Waals surface area contributed by atoms with Crippen molar-refractivity contribution in [2.24, 2.45) is 0 Å². The second-order valence-corrected chi connectivity index (χ2v) is 5.99. The number of hydrogen-bond donors (Lipinski definition) is 1. The Morgan fingerprint density at radius 1 is 0.900 bits per heavy atom. The molecule has 0 spiro atoms. The van der Waals surface area contributed by atoms with Gasteiger partial charge in [0.05, 0.1) is 0 Å². The maximum absolute atomic E-state index is 5.85. The molecular formula is C18H23NO. The molecule has 106 valence electrons. The van der Waals surface area contributed by atoms with Crippen molar-refractivity contribution in [3.05, 3.63) is 60.2 Å². The average molecular weight is 269 g/mol. The molecule has 0 amide bonds. The van der Waals surface area contributed by atoms with Gasteiger partial charge in [-0.1, -0.05) is 30.3 Å². The van der Waals surface area contributed by atoms with Crippen molar-refractivity contribution >= 4 is 0 Å². The summed E-state index contributed by atoms with van der Waals surface area (Å²) in [6.07, 6.45) is 1.00. The maximum atomic E-state index is 5.85. The van der Waals surface area contributed by atoms with Crippen LogP contribution in [0.15, 0.2) is 54.6 Å². The fourth-order valence-corrected chi connectivity index (χ4v) is 1.97. The molecule has 0 aliphatic rings. The summed E-state index contributed by atoms with van der Waals surface area (Å²) in [6, 6.07) is 18.2. The Labute approximate surface area is 121 Å². The summed E-state index contributed by atoms with van der Waals surface area (Å²) in [5, 5.41) is 3.50. The van der Waals surface area contributed by atoms with Gasteiger partial charge >= 0.3 is 0 Å². The van der Waals surface area contributed by atoms with E-state index in [-0.39, 0.29) is 5.54 Å². The predicted molar refractivity (Wildman–Crippen MR) is 84.4 cm³/mol. The van der Waals surface area contributed by atoms with Crippen LogP contribution in [-0.4, -0.2) is 12.1 Å². The van der Waals surface area contributed by atoms with Gasteiger partial charge in [0.2, 0.25) is 0 Å². The summed E-state index contributed by atoms with van der Waals surface area (Å²) >= 11 is 0. The Hall–Kier alpha value is -1.80. The third-order valence-electron chi connectivity index (χ3n) is 2.95. The summed E-state index contributed by atoms with van der Waals surface area (Å²) in [7, 11) is 0. The molecule has 0 aliphatic carbocycles. The van der Waals surface area contributed by atoms with E-state index in [4.69, 9.17) is 4.74 Å². The molecule has 0 fully saturated rings. The molecule has 0 aromatic heterocycles. The number of nitrogens with one attached hydrogen (secondary N) is 1. The minimum absolute atomic E-state index is 0.165. The number of para-hydroxylation sites is 1. The molecule has 1 N–H and O–H groups in total. The maximum Gasteiger partial charge on any atom is 0.127 e. The molecule has 0 saturated heterocycles. The van der Waals surface area contributed by atoms with Crippen molar-refractivity contribution in [3.63, 3.8) is 0 Å². The highest BCUT2D eigenvalue weighted by atomic mass is 16.5. The molecule has 2 aromatic rings. The van der Waals surface area contributed by atoms with Crippen LogP contribution in [0.3, 0.4) is 0 Å². The Bertz CT molecular complexity index is 529. The highest BCUT2D eigenvalue weighted by Crippen LogP contribution is 2.21. The van der Waals surface area contributed by atoms with Gasteiger partial charge in [-0.05, 0) is 63.6 Å². The first-order valence-electron chi connectivity index (χ1n) is 7.10. The van der Waals surface area contributed by atoms with Gasteiger partial charge in [0.15, 0.2) is 0 Å². The lowest BCUT2D eigenvalue weighted by Crippen LogP contribution is -2.37. The fraction of sp³-hybridized carbons (Fsp3) is 0.333. The van der Waals surface area contributed by atoms with E-state index < -0.39 is 0 Å². The van der Waals surface area contributed by atoms with Crippen molar-refractivity contribution in [1.82, 2.24) is 5.32 Å². The Kier molecular flexibility index (Phi) is 4.80. The molecule has 2 aromatic carbocycles. The van der Waals surface area contributed by atoms with Gasteiger partial charge in [-0.3, -0.25) is 0 Å². The number of benzene rings is 2. The quantitative estimate of drug-likeness (QED) is 0.868. The van der Waals surface area contributed by atoms with Crippen LogP contribution < -0.4 is 10.1 Å². The Morgan fingerprint density at radius 3 is 2.30 bits per heavy atom. The van der Waals surface area contributed by atoms with E-state index in [1.54, 1.807) is 0 Å². The molecule has 0 heterocycles. The zero-order valence-electron chi connectivity index (χ0n) is 12.5. The van der Waals surface area contributed by atoms with Gasteiger partial charge in [0, 0.05) is 5.54 Å². The zero-order chi connectivity index (χ0) is 14.4. The van der Waals surface area contributed by atoms with Gasteiger partial charge in [0.25, 0.3) is 0 Å². The first kappa shape index (κ1) is 14.6. The first-order valence-corrected chi connectivity index (χ1v) is 7.10. The molecular weight excluding hydrogens is 246 g/mol. The first-order chi connectivity index (χ1) is 9.53. The summed E-state index contributed by atoms with van der Waals surface area (Å²) in [5.74, 6) is 1.77. The van der Waals surface area contributed by atoms with E-state index in [9.17, 15) is 0 Å². The predicted octanol–water partition coefficient (Wildman–Crippen LogP) is 4.41. The van der Waals surface area contributed by atoms with Gasteiger partial charge in [-0.2, -0.15) is 0 Å². The molecule has 0 atom stereocenters. The molecule has 2 heteroatoms. The summed E-state index contributed by atoms with van der Waals surface area (Å²) in [6.45, 7) is 7.52. The fourth-order valence-electron chi connectivity index (χ4n) is 1.97. The van der Waals surface area contributed by atoms with Gasteiger partial charge in [0.1, 0.15) is 11.5 Å². The van der Waals surface area contributed by atoms with Crippen LogP contribution in [0, 0.1) is 0 Å². The van der Waals surface area contributed by atoms with E-state index in [1.165, 1.54) is 5.56 Å². The molecule has 0 aliphatic heterocycles. The second kappa shape index (κ2) is 6.58. The second-order valence-electron chi connectivity index (χ2n) is 5.99. The van der Waals surface area contributed by atoms with Gasteiger partial charge < -0.3 is 10.1 Å². The average Bonchev–Trinajstić information content (AvgIpc) is 2.39. The van der Waals surface area contributed by atoms with Crippen LogP contribution in [-0.2, 0) is 6.42 Å². The normalized spacial score (nSPS) is 11.3. The summed E-state index contributed by atoms with van der Waals surface area (Å²) in [4.78, 5) is 0. The topological polar surface area (TPSA) is 21.3 Å². The third kappa shape index (κ3) is 5.06. The molecule has 0 bridgehead atoms. The van der Waals surface area contributed by atoms with E-state index in [0.29, 0.717) is 0 Å². The van der Waals surface area contributed by atoms with Crippen molar-refractivity contribution in [2.45, 2.75) is 32.7 Å². The molecule has 0 unspecified atom stereocenters. The zero-order valence-corrected chi connectivity index (χ0v) is 12.5. The van der Waals surface area contributed by atoms with Crippen molar-refractivity contribution in [2.75, 3.05) is 6.54 Å². The van der Waals surface area contributed by atoms with Gasteiger partial charge in [-0.25, -0.2) is 0 Å². The molecule has 2 rings (SSSR count). The lowest BCUT2D eigenvalue weighted by Gasteiger charge is -2.20. The highest BCUT2D eigenvalue weighted by molar-refractivity contribution is 5.33. The lowest BCUT2D eigenvalue weighted by atomic mass is 10.1.